The average molecular weight is 381 g/mol. The number of nitrogens with zero attached hydrogens (tertiary/aromatic N) is 1. The zero-order chi connectivity index (χ0) is 20.1. The molecule has 0 aliphatic heterocycles. The van der Waals surface area contributed by atoms with E-state index in [0.29, 0.717) is 16.7 Å². The van der Waals surface area contributed by atoms with E-state index in [2.05, 4.69) is 4.98 Å². The van der Waals surface area contributed by atoms with Crippen molar-refractivity contribution in [2.45, 2.75) is 19.6 Å². The predicted molar refractivity (Wildman–Crippen MR) is 102 cm³/mol. The first-order valence-corrected chi connectivity index (χ1v) is 8.69. The second kappa shape index (κ2) is 8.63. The Labute approximate surface area is 162 Å². The minimum atomic E-state index is -1.04. The molecule has 1 N–H and O–H groups in total. The minimum absolute atomic E-state index is 0.0333. The highest BCUT2D eigenvalue weighted by atomic mass is 19.1. The van der Waals surface area contributed by atoms with Gasteiger partial charge in [0.05, 0.1) is 7.11 Å². The molecule has 0 aliphatic carbocycles. The lowest BCUT2D eigenvalue weighted by Crippen LogP contribution is -2.13. The van der Waals surface area contributed by atoms with Crippen molar-refractivity contribution in [1.82, 2.24) is 4.98 Å². The standard InChI is InChI=1S/C22H20FNO4/c1-14-18(20(25)16-8-10-17(23)11-9-16)12-24-19(22(26)27-2)21(14)28-13-15-6-4-3-5-7-15/h3-12,20,25H,13H2,1-2H3. The number of carbonyl (C=O) groups is 1. The molecule has 0 aliphatic rings. The largest absolute Gasteiger partial charge is 0.486 e. The molecule has 0 amide bonds. The Kier molecular flexibility index (Phi) is 6.01. The summed E-state index contributed by atoms with van der Waals surface area (Å²) in [4.78, 5) is 16.3. The van der Waals surface area contributed by atoms with Crippen LogP contribution in [-0.2, 0) is 11.3 Å². The van der Waals surface area contributed by atoms with Crippen molar-refractivity contribution in [2.24, 2.45) is 0 Å². The predicted octanol–water partition coefficient (Wildman–Crippen LogP) is 3.98. The molecule has 0 fully saturated rings. The monoisotopic (exact) mass is 381 g/mol. The van der Waals surface area contributed by atoms with Gasteiger partial charge in [0.1, 0.15) is 18.5 Å². The number of ether oxygens (including phenoxy) is 2. The molecular formula is C22H20FNO4. The molecule has 6 heteroatoms. The highest BCUT2D eigenvalue weighted by molar-refractivity contribution is 5.90. The Balaban J connectivity index is 1.98. The SMILES string of the molecule is COC(=O)c1ncc(C(O)c2ccc(F)cc2)c(C)c1OCc1ccccc1. The van der Waals surface area contributed by atoms with Gasteiger partial charge in [-0.3, -0.25) is 0 Å². The molecule has 0 radical (unpaired) electrons. The van der Waals surface area contributed by atoms with E-state index in [0.717, 1.165) is 5.56 Å². The lowest BCUT2D eigenvalue weighted by Gasteiger charge is -2.19. The van der Waals surface area contributed by atoms with Crippen LogP contribution in [0.25, 0.3) is 0 Å². The summed E-state index contributed by atoms with van der Waals surface area (Å²) in [6, 6.07) is 15.0. The molecule has 3 aromatic rings. The zero-order valence-electron chi connectivity index (χ0n) is 15.6. The number of hydrogen-bond acceptors (Lipinski definition) is 5. The fraction of sp³-hybridized carbons (Fsp3) is 0.182. The molecule has 0 bridgehead atoms. The van der Waals surface area contributed by atoms with Gasteiger partial charge >= 0.3 is 5.97 Å². The molecular weight excluding hydrogens is 361 g/mol. The Bertz CT molecular complexity index is 958. The molecule has 0 saturated heterocycles. The number of methoxy groups -OCH3 is 1. The molecule has 0 spiro atoms. The van der Waals surface area contributed by atoms with Crippen LogP contribution >= 0.6 is 0 Å². The van der Waals surface area contributed by atoms with E-state index in [9.17, 15) is 14.3 Å². The number of halogens is 1. The van der Waals surface area contributed by atoms with Crippen molar-refractivity contribution >= 4 is 5.97 Å². The van der Waals surface area contributed by atoms with Gasteiger partial charge in [0.2, 0.25) is 0 Å². The van der Waals surface area contributed by atoms with E-state index < -0.39 is 17.9 Å². The summed E-state index contributed by atoms with van der Waals surface area (Å²) in [6.07, 6.45) is 0.365. The number of aliphatic hydroxyl groups excluding tert-OH is 1. The number of hydrogen-bond donors (Lipinski definition) is 1. The van der Waals surface area contributed by atoms with Gasteiger partial charge in [-0.2, -0.15) is 0 Å². The summed E-state index contributed by atoms with van der Waals surface area (Å²) < 4.78 is 23.9. The van der Waals surface area contributed by atoms with Crippen LogP contribution in [0.3, 0.4) is 0 Å². The fourth-order valence-corrected chi connectivity index (χ4v) is 2.85. The van der Waals surface area contributed by atoms with Crippen LogP contribution in [0.2, 0.25) is 0 Å². The molecule has 5 nitrogen and oxygen atoms in total. The van der Waals surface area contributed by atoms with Crippen LogP contribution in [0, 0.1) is 12.7 Å². The molecule has 0 saturated carbocycles. The second-order valence-corrected chi connectivity index (χ2v) is 6.24. The molecule has 28 heavy (non-hydrogen) atoms. The second-order valence-electron chi connectivity index (χ2n) is 6.24. The van der Waals surface area contributed by atoms with Crippen molar-refractivity contribution in [3.05, 3.63) is 94.6 Å². The number of rotatable bonds is 6. The quantitative estimate of drug-likeness (QED) is 0.654. The van der Waals surface area contributed by atoms with Crippen molar-refractivity contribution in [3.8, 4) is 5.75 Å². The van der Waals surface area contributed by atoms with Gasteiger partial charge in [-0.25, -0.2) is 14.2 Å². The Morgan fingerprint density at radius 3 is 2.46 bits per heavy atom. The number of carbonyl (C=O) groups excluding carboxylic acids is 1. The third-order valence-electron chi connectivity index (χ3n) is 4.41. The van der Waals surface area contributed by atoms with Crippen molar-refractivity contribution in [1.29, 1.82) is 0 Å². The summed E-state index contributed by atoms with van der Waals surface area (Å²) in [5.74, 6) is -0.776. The van der Waals surface area contributed by atoms with E-state index in [1.165, 1.54) is 37.6 Å². The molecule has 144 valence electrons. The molecule has 1 aromatic heterocycles. The lowest BCUT2D eigenvalue weighted by molar-refractivity contribution is 0.0587. The maximum Gasteiger partial charge on any atom is 0.360 e. The van der Waals surface area contributed by atoms with E-state index in [4.69, 9.17) is 9.47 Å². The lowest BCUT2D eigenvalue weighted by atomic mass is 9.98. The van der Waals surface area contributed by atoms with E-state index in [1.807, 2.05) is 30.3 Å². The van der Waals surface area contributed by atoms with Gasteiger partial charge in [-0.15, -0.1) is 0 Å². The van der Waals surface area contributed by atoms with Crippen LogP contribution in [0.15, 0.2) is 60.8 Å². The van der Waals surface area contributed by atoms with E-state index in [1.54, 1.807) is 6.92 Å². The highest BCUT2D eigenvalue weighted by Gasteiger charge is 2.23. The number of aromatic nitrogens is 1. The summed E-state index contributed by atoms with van der Waals surface area (Å²) in [5.41, 5.74) is 2.48. The summed E-state index contributed by atoms with van der Waals surface area (Å²) in [7, 11) is 1.27. The van der Waals surface area contributed by atoms with Gasteiger partial charge in [0.25, 0.3) is 0 Å². The summed E-state index contributed by atoms with van der Waals surface area (Å²) >= 11 is 0. The first-order valence-electron chi connectivity index (χ1n) is 8.69. The van der Waals surface area contributed by atoms with Crippen molar-refractivity contribution in [2.75, 3.05) is 7.11 Å². The summed E-state index contributed by atoms with van der Waals surface area (Å²) in [6.45, 7) is 1.96. The summed E-state index contributed by atoms with van der Waals surface area (Å²) in [5, 5.41) is 10.7. The average Bonchev–Trinajstić information content (AvgIpc) is 2.73. The van der Waals surface area contributed by atoms with Crippen molar-refractivity contribution < 1.29 is 23.8 Å². The number of aliphatic hydroxyl groups is 1. The molecule has 1 atom stereocenters. The first kappa shape index (κ1) is 19.5. The number of esters is 1. The van der Waals surface area contributed by atoms with Gasteiger partial charge < -0.3 is 14.6 Å². The first-order chi connectivity index (χ1) is 13.5. The van der Waals surface area contributed by atoms with Crippen LogP contribution in [-0.4, -0.2) is 23.2 Å². The third kappa shape index (κ3) is 4.18. The third-order valence-corrected chi connectivity index (χ3v) is 4.41. The smallest absolute Gasteiger partial charge is 0.360 e. The highest BCUT2D eigenvalue weighted by Crippen LogP contribution is 2.32. The van der Waals surface area contributed by atoms with Gasteiger partial charge in [0.15, 0.2) is 11.4 Å². The molecule has 1 unspecified atom stereocenters. The maximum absolute atomic E-state index is 13.2. The molecule has 1 heterocycles. The van der Waals surface area contributed by atoms with Crippen LogP contribution in [0.4, 0.5) is 4.39 Å². The topological polar surface area (TPSA) is 68.7 Å². The Hall–Kier alpha value is -3.25. The minimum Gasteiger partial charge on any atom is -0.486 e. The van der Waals surface area contributed by atoms with Crippen LogP contribution in [0.5, 0.6) is 5.75 Å². The Morgan fingerprint density at radius 1 is 1.14 bits per heavy atom. The van der Waals surface area contributed by atoms with Gasteiger partial charge in [-0.05, 0) is 30.2 Å². The van der Waals surface area contributed by atoms with Gasteiger partial charge in [0, 0.05) is 17.3 Å². The molecule has 2 aromatic carbocycles. The van der Waals surface area contributed by atoms with E-state index >= 15 is 0 Å². The maximum atomic E-state index is 13.2. The fourth-order valence-electron chi connectivity index (χ4n) is 2.85. The normalized spacial score (nSPS) is 11.7. The van der Waals surface area contributed by atoms with Gasteiger partial charge in [-0.1, -0.05) is 42.5 Å². The van der Waals surface area contributed by atoms with Crippen molar-refractivity contribution in [3.63, 3.8) is 0 Å². The van der Waals surface area contributed by atoms with E-state index in [-0.39, 0.29) is 18.1 Å². The molecule has 3 rings (SSSR count). The van der Waals surface area contributed by atoms with Crippen LogP contribution < -0.4 is 4.74 Å². The number of benzene rings is 2. The Morgan fingerprint density at radius 2 is 1.82 bits per heavy atom. The number of pyridine rings is 1. The van der Waals surface area contributed by atoms with Crippen LogP contribution in [0.1, 0.15) is 38.8 Å². The zero-order valence-corrected chi connectivity index (χ0v) is 15.6.